The van der Waals surface area contributed by atoms with Crippen LogP contribution in [0.25, 0.3) is 0 Å². The molecule has 0 radical (unpaired) electrons. The molecule has 5 nitrogen and oxygen atoms in total. The Bertz CT molecular complexity index is 1130. The van der Waals surface area contributed by atoms with Gasteiger partial charge in [-0.15, -0.1) is 0 Å². The fourth-order valence-corrected chi connectivity index (χ4v) is 5.65. The van der Waals surface area contributed by atoms with E-state index in [2.05, 4.69) is 22.5 Å². The molecular formula is C29H36Cl2N2O3. The number of nitrogens with one attached hydrogen (secondary N) is 1. The van der Waals surface area contributed by atoms with Gasteiger partial charge >= 0.3 is 0 Å². The van der Waals surface area contributed by atoms with E-state index in [1.165, 1.54) is 0 Å². The van der Waals surface area contributed by atoms with E-state index in [0.29, 0.717) is 17.2 Å². The number of rotatable bonds is 6. The Kier molecular flexibility index (Phi) is 11.3. The third-order valence-corrected chi connectivity index (χ3v) is 7.40. The summed E-state index contributed by atoms with van der Waals surface area (Å²) in [5.74, 6) is 1.64. The number of isocyanates is 1. The molecule has 2 aliphatic carbocycles. The van der Waals surface area contributed by atoms with E-state index in [-0.39, 0.29) is 13.0 Å². The number of halogens is 2. The first kappa shape index (κ1) is 29.7. The van der Waals surface area contributed by atoms with Crippen molar-refractivity contribution in [2.45, 2.75) is 57.0 Å². The van der Waals surface area contributed by atoms with Crippen LogP contribution in [0.1, 0.15) is 57.1 Å². The maximum Gasteiger partial charge on any atom is 0.236 e. The molecular weight excluding hydrogens is 495 g/mol. The van der Waals surface area contributed by atoms with E-state index in [1.54, 1.807) is 26.4 Å². The van der Waals surface area contributed by atoms with Crippen molar-refractivity contribution < 1.29 is 14.3 Å². The molecule has 2 aromatic carbocycles. The summed E-state index contributed by atoms with van der Waals surface area (Å²) in [7, 11) is 5.27. The SMILES string of the molecule is C.CN[C@]1(c2ccccc2Cl)CCCC=C1OC.COC1=CCCC[C@]1(N=C=O)c1ccccc1Cl. The molecule has 0 spiro atoms. The maximum atomic E-state index is 10.8. The Morgan fingerprint density at radius 2 is 1.39 bits per heavy atom. The molecule has 2 aromatic rings. The van der Waals surface area contributed by atoms with E-state index in [9.17, 15) is 4.79 Å². The molecule has 0 unspecified atom stereocenters. The summed E-state index contributed by atoms with van der Waals surface area (Å²) >= 11 is 12.6. The molecule has 4 rings (SSSR count). The van der Waals surface area contributed by atoms with Crippen LogP contribution in [-0.4, -0.2) is 27.3 Å². The van der Waals surface area contributed by atoms with Crippen molar-refractivity contribution >= 4 is 29.3 Å². The summed E-state index contributed by atoms with van der Waals surface area (Å²) in [6.45, 7) is 0. The van der Waals surface area contributed by atoms with Crippen LogP contribution >= 0.6 is 23.2 Å². The van der Waals surface area contributed by atoms with E-state index >= 15 is 0 Å². The van der Waals surface area contributed by atoms with E-state index in [0.717, 1.165) is 54.0 Å². The quantitative estimate of drug-likeness (QED) is 0.307. The molecule has 0 saturated heterocycles. The fourth-order valence-electron chi connectivity index (χ4n) is 5.06. The van der Waals surface area contributed by atoms with Crippen LogP contribution in [0.15, 0.2) is 77.2 Å². The second-order valence-electron chi connectivity index (χ2n) is 8.51. The van der Waals surface area contributed by atoms with Crippen LogP contribution in [0.4, 0.5) is 0 Å². The van der Waals surface area contributed by atoms with Crippen LogP contribution < -0.4 is 5.32 Å². The molecule has 194 valence electrons. The molecule has 0 bridgehead atoms. The Morgan fingerprint density at radius 3 is 1.92 bits per heavy atom. The molecule has 1 N–H and O–H groups in total. The minimum Gasteiger partial charge on any atom is -0.499 e. The number of allylic oxidation sites excluding steroid dienone is 2. The lowest BCUT2D eigenvalue weighted by Crippen LogP contribution is -2.44. The van der Waals surface area contributed by atoms with Crippen molar-refractivity contribution in [2.24, 2.45) is 4.99 Å². The Hall–Kier alpha value is -2.56. The van der Waals surface area contributed by atoms with Gasteiger partial charge in [0, 0.05) is 15.6 Å². The molecule has 0 amide bonds. The highest BCUT2D eigenvalue weighted by Crippen LogP contribution is 2.44. The summed E-state index contributed by atoms with van der Waals surface area (Å²) in [6.07, 6.45) is 11.6. The molecule has 7 heteroatoms. The summed E-state index contributed by atoms with van der Waals surface area (Å²) in [6, 6.07) is 15.4. The van der Waals surface area contributed by atoms with Gasteiger partial charge in [-0.2, -0.15) is 4.99 Å². The first-order chi connectivity index (χ1) is 17.0. The number of carbonyl (C=O) groups excluding carboxylic acids is 1. The number of aliphatic imine (C=N–C) groups is 1. The first-order valence-electron chi connectivity index (χ1n) is 11.8. The summed E-state index contributed by atoms with van der Waals surface area (Å²) in [4.78, 5) is 14.8. The highest BCUT2D eigenvalue weighted by Gasteiger charge is 2.41. The zero-order valence-corrected chi connectivity index (χ0v) is 22.0. The number of hydrogen-bond acceptors (Lipinski definition) is 5. The van der Waals surface area contributed by atoms with Gasteiger partial charge in [0.15, 0.2) is 5.54 Å². The monoisotopic (exact) mass is 530 g/mol. The van der Waals surface area contributed by atoms with Gasteiger partial charge in [0.25, 0.3) is 0 Å². The third kappa shape index (κ3) is 5.87. The van der Waals surface area contributed by atoms with Gasteiger partial charge in [0.1, 0.15) is 17.1 Å². The largest absolute Gasteiger partial charge is 0.499 e. The lowest BCUT2D eigenvalue weighted by atomic mass is 9.79. The van der Waals surface area contributed by atoms with E-state index < -0.39 is 5.54 Å². The Morgan fingerprint density at radius 1 is 0.861 bits per heavy atom. The van der Waals surface area contributed by atoms with Crippen molar-refractivity contribution in [1.29, 1.82) is 0 Å². The van der Waals surface area contributed by atoms with Gasteiger partial charge in [0.2, 0.25) is 6.08 Å². The van der Waals surface area contributed by atoms with Crippen LogP contribution in [0.2, 0.25) is 10.0 Å². The minimum absolute atomic E-state index is 0. The predicted octanol–water partition coefficient (Wildman–Crippen LogP) is 7.69. The smallest absolute Gasteiger partial charge is 0.236 e. The van der Waals surface area contributed by atoms with E-state index in [1.807, 2.05) is 49.5 Å². The minimum atomic E-state index is -0.812. The first-order valence-corrected chi connectivity index (χ1v) is 12.5. The lowest BCUT2D eigenvalue weighted by Gasteiger charge is -2.38. The number of likely N-dealkylation sites (N-methyl/N-ethyl adjacent to an activating group) is 1. The van der Waals surface area contributed by atoms with Crippen LogP contribution in [0.5, 0.6) is 0 Å². The van der Waals surface area contributed by atoms with Crippen molar-refractivity contribution in [3.63, 3.8) is 0 Å². The zero-order valence-electron chi connectivity index (χ0n) is 20.4. The number of ether oxygens (including phenoxy) is 2. The normalized spacial score (nSPS) is 22.9. The number of nitrogens with zero attached hydrogens (tertiary/aromatic N) is 1. The Balaban J connectivity index is 0.000000247. The standard InChI is InChI=1S/C14H14ClNO2.C14H18ClNO.CH4/c1-18-13-8-4-5-9-14(13,16-10-17)11-6-2-3-7-12(11)15;1-16-14(10-6-5-9-13(14)17-2)11-7-3-4-8-12(11)15;/h2-3,6-8H,4-5,9H2,1H3;3-4,7-9,16H,5-6,10H2,1-2H3;1H4/t2*14-;/m00./s1. The van der Waals surface area contributed by atoms with Crippen molar-refractivity contribution in [3.8, 4) is 0 Å². The second-order valence-corrected chi connectivity index (χ2v) is 9.32. The highest BCUT2D eigenvalue weighted by atomic mass is 35.5. The molecule has 0 fully saturated rings. The molecule has 0 aliphatic heterocycles. The van der Waals surface area contributed by atoms with Gasteiger partial charge in [-0.3, -0.25) is 0 Å². The zero-order chi connectivity index (χ0) is 25.3. The molecule has 0 aromatic heterocycles. The van der Waals surface area contributed by atoms with Gasteiger partial charge in [-0.1, -0.05) is 67.0 Å². The van der Waals surface area contributed by atoms with Gasteiger partial charge in [0.05, 0.1) is 14.2 Å². The number of benzene rings is 2. The van der Waals surface area contributed by atoms with Crippen LogP contribution in [0, 0.1) is 0 Å². The summed E-state index contributed by atoms with van der Waals surface area (Å²) < 4.78 is 10.9. The second kappa shape index (κ2) is 13.7. The number of hydrogen-bond donors (Lipinski definition) is 1. The average Bonchev–Trinajstić information content (AvgIpc) is 2.90. The van der Waals surface area contributed by atoms with Crippen LogP contribution in [-0.2, 0) is 25.3 Å². The topological polar surface area (TPSA) is 59.9 Å². The third-order valence-electron chi connectivity index (χ3n) is 6.74. The fraction of sp³-hybridized carbons (Fsp3) is 0.414. The molecule has 0 heterocycles. The highest BCUT2D eigenvalue weighted by molar-refractivity contribution is 6.31. The van der Waals surface area contributed by atoms with Gasteiger partial charge in [-0.05, 0) is 75.4 Å². The summed E-state index contributed by atoms with van der Waals surface area (Å²) in [5.41, 5.74) is 0.804. The Labute approximate surface area is 225 Å². The van der Waals surface area contributed by atoms with Crippen LogP contribution in [0.3, 0.4) is 0 Å². The number of methoxy groups -OCH3 is 2. The molecule has 2 aliphatic rings. The van der Waals surface area contributed by atoms with Crippen molar-refractivity contribution in [3.05, 3.63) is 93.4 Å². The maximum absolute atomic E-state index is 10.8. The molecule has 2 atom stereocenters. The predicted molar refractivity (Wildman–Crippen MR) is 148 cm³/mol. The van der Waals surface area contributed by atoms with Crippen molar-refractivity contribution in [2.75, 3.05) is 21.3 Å². The van der Waals surface area contributed by atoms with E-state index in [4.69, 9.17) is 32.7 Å². The molecule has 0 saturated carbocycles. The lowest BCUT2D eigenvalue weighted by molar-refractivity contribution is 0.179. The van der Waals surface area contributed by atoms with Gasteiger partial charge < -0.3 is 14.8 Å². The summed E-state index contributed by atoms with van der Waals surface area (Å²) in [5, 5.41) is 4.77. The average molecular weight is 532 g/mol. The van der Waals surface area contributed by atoms with Crippen molar-refractivity contribution in [1.82, 2.24) is 5.32 Å². The van der Waals surface area contributed by atoms with Gasteiger partial charge in [-0.25, -0.2) is 4.79 Å². The molecule has 36 heavy (non-hydrogen) atoms.